The lowest BCUT2D eigenvalue weighted by molar-refractivity contribution is -0.118. The molecule has 0 saturated carbocycles. The summed E-state index contributed by atoms with van der Waals surface area (Å²) < 4.78 is 2.15. The van der Waals surface area contributed by atoms with E-state index >= 15 is 0 Å². The van der Waals surface area contributed by atoms with E-state index in [0.717, 1.165) is 23.3 Å². The Hall–Kier alpha value is -1.82. The zero-order chi connectivity index (χ0) is 21.1. The molecule has 2 rings (SSSR count). The monoisotopic (exact) mass is 402 g/mol. The number of aromatic nitrogens is 3. The second-order valence-corrected chi connectivity index (χ2v) is 9.94. The first-order chi connectivity index (χ1) is 13.0. The van der Waals surface area contributed by atoms with Crippen LogP contribution in [-0.4, -0.2) is 20.7 Å². The Morgan fingerprint density at radius 3 is 2.29 bits per heavy atom. The number of benzene rings is 1. The van der Waals surface area contributed by atoms with Crippen molar-refractivity contribution in [2.75, 3.05) is 0 Å². The Kier molecular flexibility index (Phi) is 7.32. The highest BCUT2D eigenvalue weighted by molar-refractivity contribution is 7.98. The van der Waals surface area contributed by atoms with Crippen molar-refractivity contribution < 1.29 is 4.79 Å². The summed E-state index contributed by atoms with van der Waals surface area (Å²) in [5, 5.41) is 9.64. The maximum atomic E-state index is 11.2. The largest absolute Gasteiger partial charge is 0.370 e. The second-order valence-electron chi connectivity index (χ2n) is 9.00. The molecule has 28 heavy (non-hydrogen) atoms. The van der Waals surface area contributed by atoms with Gasteiger partial charge in [-0.05, 0) is 47.4 Å². The van der Waals surface area contributed by atoms with Gasteiger partial charge in [0.2, 0.25) is 5.91 Å². The Bertz CT molecular complexity index is 811. The van der Waals surface area contributed by atoms with Crippen LogP contribution in [0, 0.1) is 19.8 Å². The van der Waals surface area contributed by atoms with E-state index in [-0.39, 0.29) is 11.3 Å². The first-order valence-corrected chi connectivity index (χ1v) is 10.9. The van der Waals surface area contributed by atoms with Gasteiger partial charge in [0.25, 0.3) is 0 Å². The van der Waals surface area contributed by atoms with E-state index in [4.69, 9.17) is 5.73 Å². The fourth-order valence-corrected chi connectivity index (χ4v) is 4.35. The van der Waals surface area contributed by atoms with E-state index in [9.17, 15) is 4.79 Å². The number of thioether (sulfide) groups is 1. The number of nitrogens with zero attached hydrogens (tertiary/aromatic N) is 3. The summed E-state index contributed by atoms with van der Waals surface area (Å²) in [4.78, 5) is 11.2. The van der Waals surface area contributed by atoms with Gasteiger partial charge in [0.15, 0.2) is 5.16 Å². The first-order valence-electron chi connectivity index (χ1n) is 9.92. The van der Waals surface area contributed by atoms with Gasteiger partial charge in [-0.15, -0.1) is 10.2 Å². The van der Waals surface area contributed by atoms with Crippen LogP contribution in [-0.2, 0) is 28.9 Å². The summed E-state index contributed by atoms with van der Waals surface area (Å²) in [6.07, 6.45) is 0.835. The highest BCUT2D eigenvalue weighted by Gasteiger charge is 2.18. The highest BCUT2D eigenvalue weighted by Crippen LogP contribution is 2.31. The van der Waals surface area contributed by atoms with Gasteiger partial charge in [-0.1, -0.05) is 58.5 Å². The van der Waals surface area contributed by atoms with E-state index in [1.165, 1.54) is 22.3 Å². The number of amides is 1. The summed E-state index contributed by atoms with van der Waals surface area (Å²) in [6.45, 7) is 16.3. The molecule has 6 heteroatoms. The van der Waals surface area contributed by atoms with Gasteiger partial charge in [0, 0.05) is 25.1 Å². The third-order valence-corrected chi connectivity index (χ3v) is 5.84. The number of primary amides is 1. The Morgan fingerprint density at radius 2 is 1.79 bits per heavy atom. The molecule has 0 radical (unpaired) electrons. The van der Waals surface area contributed by atoms with E-state index in [1.54, 1.807) is 11.8 Å². The normalized spacial score (nSPS) is 12.0. The van der Waals surface area contributed by atoms with Crippen LogP contribution in [0.5, 0.6) is 0 Å². The van der Waals surface area contributed by atoms with Gasteiger partial charge in [-0.25, -0.2) is 0 Å². The predicted molar refractivity (Wildman–Crippen MR) is 117 cm³/mol. The molecule has 0 bridgehead atoms. The van der Waals surface area contributed by atoms with E-state index in [2.05, 4.69) is 75.4 Å². The van der Waals surface area contributed by atoms with Crippen LogP contribution in [0.2, 0.25) is 0 Å². The maximum Gasteiger partial charge on any atom is 0.217 e. The number of carbonyl (C=O) groups excluding carboxylic acids is 1. The van der Waals surface area contributed by atoms with Gasteiger partial charge in [0.1, 0.15) is 5.82 Å². The summed E-state index contributed by atoms with van der Waals surface area (Å²) in [6, 6.07) is 4.61. The predicted octanol–water partition coefficient (Wildman–Crippen LogP) is 4.56. The van der Waals surface area contributed by atoms with Crippen LogP contribution in [0.3, 0.4) is 0 Å². The topological polar surface area (TPSA) is 73.8 Å². The van der Waals surface area contributed by atoms with Crippen molar-refractivity contribution in [2.24, 2.45) is 11.7 Å². The van der Waals surface area contributed by atoms with Crippen molar-refractivity contribution in [3.63, 3.8) is 0 Å². The molecule has 2 N–H and O–H groups in total. The number of nitrogens with two attached hydrogens (primary N) is 1. The summed E-state index contributed by atoms with van der Waals surface area (Å²) in [5.41, 5.74) is 10.8. The number of carbonyl (C=O) groups is 1. The van der Waals surface area contributed by atoms with Crippen molar-refractivity contribution in [3.8, 4) is 0 Å². The molecule has 1 heterocycles. The first kappa shape index (κ1) is 22.5. The van der Waals surface area contributed by atoms with Gasteiger partial charge in [0.05, 0.1) is 0 Å². The maximum absolute atomic E-state index is 11.2. The molecule has 0 aliphatic carbocycles. The summed E-state index contributed by atoms with van der Waals surface area (Å²) >= 11 is 1.71. The Labute approximate surface area is 173 Å². The third-order valence-electron chi connectivity index (χ3n) is 4.84. The smallest absolute Gasteiger partial charge is 0.217 e. The Balaban J connectivity index is 2.23. The SMILES string of the molecule is Cc1cc(C(C)(C)C)cc(C)c1CSc1nnc(CCC(N)=O)n1CC(C)C. The fraction of sp³-hybridized carbons (Fsp3) is 0.591. The van der Waals surface area contributed by atoms with Crippen LogP contribution in [0.4, 0.5) is 0 Å². The van der Waals surface area contributed by atoms with Gasteiger partial charge in [-0.2, -0.15) is 0 Å². The lowest BCUT2D eigenvalue weighted by atomic mass is 9.84. The summed E-state index contributed by atoms with van der Waals surface area (Å²) in [5.74, 6) is 1.86. The second kappa shape index (κ2) is 9.12. The lowest BCUT2D eigenvalue weighted by Crippen LogP contribution is -2.15. The number of hydrogen-bond donors (Lipinski definition) is 1. The van der Waals surface area contributed by atoms with Crippen molar-refractivity contribution in [2.45, 2.75) is 84.2 Å². The minimum atomic E-state index is -0.307. The van der Waals surface area contributed by atoms with Gasteiger partial charge in [-0.3, -0.25) is 4.79 Å². The molecule has 0 atom stereocenters. The minimum absolute atomic E-state index is 0.147. The molecule has 5 nitrogen and oxygen atoms in total. The average molecular weight is 403 g/mol. The molecule has 0 fully saturated rings. The van der Waals surface area contributed by atoms with Crippen molar-refractivity contribution in [1.29, 1.82) is 0 Å². The number of aryl methyl sites for hydroxylation is 3. The molecule has 1 amide bonds. The standard InChI is InChI=1S/C22H34N4OS/c1-14(2)12-26-20(9-8-19(23)27)24-25-21(26)28-13-18-15(3)10-17(11-16(18)4)22(5,6)7/h10-11,14H,8-9,12-13H2,1-7H3,(H2,23,27). The number of rotatable bonds is 8. The molecule has 0 unspecified atom stereocenters. The lowest BCUT2D eigenvalue weighted by Gasteiger charge is -2.22. The van der Waals surface area contributed by atoms with Crippen LogP contribution < -0.4 is 5.73 Å². The van der Waals surface area contributed by atoms with Crippen LogP contribution >= 0.6 is 11.8 Å². The molecule has 0 saturated heterocycles. The highest BCUT2D eigenvalue weighted by atomic mass is 32.2. The molecule has 0 aliphatic rings. The molecule has 0 spiro atoms. The summed E-state index contributed by atoms with van der Waals surface area (Å²) in [7, 11) is 0. The number of hydrogen-bond acceptors (Lipinski definition) is 4. The molecular formula is C22H34N4OS. The molecule has 2 aromatic rings. The molecule has 154 valence electrons. The van der Waals surface area contributed by atoms with E-state index in [0.29, 0.717) is 18.8 Å². The van der Waals surface area contributed by atoms with Crippen LogP contribution in [0.25, 0.3) is 0 Å². The van der Waals surface area contributed by atoms with E-state index in [1.807, 2.05) is 0 Å². The zero-order valence-corrected chi connectivity index (χ0v) is 19.1. The zero-order valence-electron chi connectivity index (χ0n) is 18.3. The van der Waals surface area contributed by atoms with Crippen LogP contribution in [0.15, 0.2) is 17.3 Å². The fourth-order valence-electron chi connectivity index (χ4n) is 3.19. The molecule has 0 aliphatic heterocycles. The van der Waals surface area contributed by atoms with Gasteiger partial charge < -0.3 is 10.3 Å². The van der Waals surface area contributed by atoms with Crippen LogP contribution in [0.1, 0.15) is 69.1 Å². The van der Waals surface area contributed by atoms with Gasteiger partial charge >= 0.3 is 0 Å². The minimum Gasteiger partial charge on any atom is -0.370 e. The Morgan fingerprint density at radius 1 is 1.18 bits per heavy atom. The molecule has 1 aromatic heterocycles. The molecular weight excluding hydrogens is 368 g/mol. The van der Waals surface area contributed by atoms with Crippen molar-refractivity contribution >= 4 is 17.7 Å². The van der Waals surface area contributed by atoms with Crippen molar-refractivity contribution in [3.05, 3.63) is 40.2 Å². The van der Waals surface area contributed by atoms with Crippen molar-refractivity contribution in [1.82, 2.24) is 14.8 Å². The quantitative estimate of drug-likeness (QED) is 0.657. The molecule has 1 aromatic carbocycles. The van der Waals surface area contributed by atoms with E-state index < -0.39 is 0 Å². The third kappa shape index (κ3) is 5.84. The average Bonchev–Trinajstić information content (AvgIpc) is 2.92.